The number of methoxy groups -OCH3 is 2. The molecule has 0 unspecified atom stereocenters. The molecule has 1 fully saturated rings. The second-order valence-corrected chi connectivity index (χ2v) is 7.26. The maximum atomic E-state index is 12.5. The number of ether oxygens (including phenoxy) is 2. The van der Waals surface area contributed by atoms with Crippen LogP contribution < -0.4 is 24.6 Å². The third kappa shape index (κ3) is 4.98. The molecule has 0 saturated carbocycles. The van der Waals surface area contributed by atoms with Crippen LogP contribution in [0.15, 0.2) is 36.4 Å². The molecule has 2 aromatic carbocycles. The lowest BCUT2D eigenvalue weighted by molar-refractivity contribution is -0.892. The number of hydrogen-bond acceptors (Lipinski definition) is 6. The SMILES string of the molecule is COc1cccc(N2CC[NH+](CC(=O)Nc3cc(OC)c([N+](=O)[O-])cc3C)CC2)c1. The quantitative estimate of drug-likeness (QED) is 0.522. The second-order valence-electron chi connectivity index (χ2n) is 7.26. The molecule has 0 aliphatic carbocycles. The van der Waals surface area contributed by atoms with Gasteiger partial charge in [0, 0.05) is 29.6 Å². The highest BCUT2D eigenvalue weighted by molar-refractivity contribution is 5.92. The molecule has 0 spiro atoms. The minimum Gasteiger partial charge on any atom is -0.497 e. The smallest absolute Gasteiger partial charge is 0.311 e. The zero-order chi connectivity index (χ0) is 21.7. The molecular weight excluding hydrogens is 388 g/mol. The van der Waals surface area contributed by atoms with Crippen molar-refractivity contribution in [3.05, 3.63) is 52.1 Å². The summed E-state index contributed by atoms with van der Waals surface area (Å²) in [6.45, 7) is 5.44. The van der Waals surface area contributed by atoms with E-state index in [1.807, 2.05) is 18.2 Å². The van der Waals surface area contributed by atoms with Gasteiger partial charge in [-0.2, -0.15) is 0 Å². The van der Waals surface area contributed by atoms with Crippen molar-refractivity contribution in [2.75, 3.05) is 57.2 Å². The van der Waals surface area contributed by atoms with Crippen molar-refractivity contribution in [2.24, 2.45) is 0 Å². The van der Waals surface area contributed by atoms with Crippen LogP contribution in [-0.4, -0.2) is 57.8 Å². The van der Waals surface area contributed by atoms with Gasteiger partial charge in [-0.05, 0) is 24.6 Å². The zero-order valence-electron chi connectivity index (χ0n) is 17.4. The van der Waals surface area contributed by atoms with Crippen LogP contribution in [0.3, 0.4) is 0 Å². The fourth-order valence-electron chi connectivity index (χ4n) is 3.60. The monoisotopic (exact) mass is 415 g/mol. The fraction of sp³-hybridized carbons (Fsp3) is 0.381. The molecule has 9 heteroatoms. The molecule has 0 bridgehead atoms. The maximum Gasteiger partial charge on any atom is 0.311 e. The van der Waals surface area contributed by atoms with Gasteiger partial charge in [0.2, 0.25) is 0 Å². The molecule has 30 heavy (non-hydrogen) atoms. The van der Waals surface area contributed by atoms with Gasteiger partial charge in [0.05, 0.1) is 45.3 Å². The summed E-state index contributed by atoms with van der Waals surface area (Å²) in [5.74, 6) is 0.828. The molecule has 1 aliphatic heterocycles. The Morgan fingerprint density at radius 1 is 1.20 bits per heavy atom. The number of nitro groups is 1. The van der Waals surface area contributed by atoms with E-state index in [-0.39, 0.29) is 17.3 Å². The van der Waals surface area contributed by atoms with Crippen molar-refractivity contribution in [1.82, 2.24) is 0 Å². The first-order chi connectivity index (χ1) is 14.4. The number of nitrogens with one attached hydrogen (secondary N) is 2. The first kappa shape index (κ1) is 21.4. The first-order valence-electron chi connectivity index (χ1n) is 9.76. The van der Waals surface area contributed by atoms with Gasteiger partial charge in [0.25, 0.3) is 5.91 Å². The number of rotatable bonds is 7. The number of amides is 1. The topological polar surface area (TPSA) is 98.4 Å². The van der Waals surface area contributed by atoms with Crippen molar-refractivity contribution in [3.8, 4) is 11.5 Å². The van der Waals surface area contributed by atoms with Crippen LogP contribution in [0.25, 0.3) is 0 Å². The molecule has 2 N–H and O–H groups in total. The van der Waals surface area contributed by atoms with E-state index >= 15 is 0 Å². The number of anilines is 2. The van der Waals surface area contributed by atoms with Gasteiger partial charge < -0.3 is 24.6 Å². The summed E-state index contributed by atoms with van der Waals surface area (Å²) in [6, 6.07) is 10.9. The van der Waals surface area contributed by atoms with E-state index in [1.54, 1.807) is 14.0 Å². The van der Waals surface area contributed by atoms with Gasteiger partial charge in [-0.15, -0.1) is 0 Å². The van der Waals surface area contributed by atoms with Crippen molar-refractivity contribution in [1.29, 1.82) is 0 Å². The summed E-state index contributed by atoms with van der Waals surface area (Å²) >= 11 is 0. The highest BCUT2D eigenvalue weighted by Gasteiger charge is 2.24. The van der Waals surface area contributed by atoms with Crippen LogP contribution in [0.5, 0.6) is 11.5 Å². The Labute approximate surface area is 175 Å². The molecule has 1 amide bonds. The number of nitrogens with zero attached hydrogens (tertiary/aromatic N) is 2. The largest absolute Gasteiger partial charge is 0.497 e. The fourth-order valence-corrected chi connectivity index (χ4v) is 3.60. The van der Waals surface area contributed by atoms with E-state index in [0.717, 1.165) is 37.6 Å². The summed E-state index contributed by atoms with van der Waals surface area (Å²) in [4.78, 5) is 26.7. The molecule has 160 valence electrons. The summed E-state index contributed by atoms with van der Waals surface area (Å²) in [5, 5.41) is 14.0. The number of carbonyl (C=O) groups excluding carboxylic acids is 1. The number of quaternary nitrogens is 1. The average Bonchev–Trinajstić information content (AvgIpc) is 2.75. The number of benzene rings is 2. The lowest BCUT2D eigenvalue weighted by atomic mass is 10.1. The van der Waals surface area contributed by atoms with Crippen molar-refractivity contribution in [2.45, 2.75) is 6.92 Å². The van der Waals surface area contributed by atoms with Gasteiger partial charge in [-0.3, -0.25) is 14.9 Å². The summed E-state index contributed by atoms with van der Waals surface area (Å²) in [7, 11) is 3.03. The van der Waals surface area contributed by atoms with Gasteiger partial charge in [-0.25, -0.2) is 0 Å². The van der Waals surface area contributed by atoms with Gasteiger partial charge in [-0.1, -0.05) is 6.07 Å². The number of nitro benzene ring substituents is 1. The van der Waals surface area contributed by atoms with E-state index in [4.69, 9.17) is 9.47 Å². The van der Waals surface area contributed by atoms with Crippen LogP contribution in [0.1, 0.15) is 5.56 Å². The zero-order valence-corrected chi connectivity index (χ0v) is 17.4. The van der Waals surface area contributed by atoms with Crippen molar-refractivity contribution < 1.29 is 24.1 Å². The third-order valence-corrected chi connectivity index (χ3v) is 5.30. The van der Waals surface area contributed by atoms with Gasteiger partial charge >= 0.3 is 5.69 Å². The van der Waals surface area contributed by atoms with E-state index in [0.29, 0.717) is 17.8 Å². The average molecular weight is 415 g/mol. The molecule has 2 aromatic rings. The number of carbonyl (C=O) groups is 1. The van der Waals surface area contributed by atoms with Gasteiger partial charge in [0.1, 0.15) is 5.75 Å². The van der Waals surface area contributed by atoms with E-state index in [9.17, 15) is 14.9 Å². The van der Waals surface area contributed by atoms with Crippen LogP contribution in [0.4, 0.5) is 17.1 Å². The Kier molecular flexibility index (Phi) is 6.73. The summed E-state index contributed by atoms with van der Waals surface area (Å²) in [5.41, 5.74) is 2.14. The highest BCUT2D eigenvalue weighted by atomic mass is 16.6. The number of hydrogen-bond donors (Lipinski definition) is 2. The minimum absolute atomic E-state index is 0.118. The Bertz CT molecular complexity index is 926. The maximum absolute atomic E-state index is 12.5. The van der Waals surface area contributed by atoms with Crippen LogP contribution in [-0.2, 0) is 4.79 Å². The molecule has 1 heterocycles. The van der Waals surface area contributed by atoms with Gasteiger partial charge in [0.15, 0.2) is 12.3 Å². The lowest BCUT2D eigenvalue weighted by Gasteiger charge is -2.33. The molecular formula is C21H27N4O5+. The molecule has 1 aliphatic rings. The Hall–Kier alpha value is -3.33. The molecule has 1 saturated heterocycles. The van der Waals surface area contributed by atoms with E-state index < -0.39 is 4.92 Å². The van der Waals surface area contributed by atoms with Crippen molar-refractivity contribution in [3.63, 3.8) is 0 Å². The van der Waals surface area contributed by atoms with E-state index in [2.05, 4.69) is 16.3 Å². The number of aryl methyl sites for hydroxylation is 1. The van der Waals surface area contributed by atoms with Crippen molar-refractivity contribution >= 4 is 23.0 Å². The molecule has 0 aromatic heterocycles. The number of piperazine rings is 1. The molecule has 3 rings (SSSR count). The molecule has 0 atom stereocenters. The standard InChI is InChI=1S/C21H26N4O5/c1-15-11-19(25(27)28)20(30-3)13-18(15)22-21(26)14-23-7-9-24(10-8-23)16-5-4-6-17(12-16)29-2/h4-6,11-13H,7-10,14H2,1-3H3,(H,22,26)/p+1. The Morgan fingerprint density at radius 3 is 2.57 bits per heavy atom. The van der Waals surface area contributed by atoms with Crippen LogP contribution >= 0.6 is 0 Å². The Balaban J connectivity index is 1.57. The summed E-state index contributed by atoms with van der Waals surface area (Å²) < 4.78 is 10.4. The normalized spacial score (nSPS) is 14.3. The molecule has 9 nitrogen and oxygen atoms in total. The molecule has 0 radical (unpaired) electrons. The predicted octanol–water partition coefficient (Wildman–Crippen LogP) is 1.26. The predicted molar refractivity (Wildman–Crippen MR) is 114 cm³/mol. The lowest BCUT2D eigenvalue weighted by Crippen LogP contribution is -3.15. The first-order valence-corrected chi connectivity index (χ1v) is 9.76. The van der Waals surface area contributed by atoms with Crippen LogP contribution in [0.2, 0.25) is 0 Å². The summed E-state index contributed by atoms with van der Waals surface area (Å²) in [6.07, 6.45) is 0. The third-order valence-electron chi connectivity index (χ3n) is 5.30. The minimum atomic E-state index is -0.497. The Morgan fingerprint density at radius 2 is 1.93 bits per heavy atom. The highest BCUT2D eigenvalue weighted by Crippen LogP contribution is 2.32. The van der Waals surface area contributed by atoms with E-state index in [1.165, 1.54) is 24.1 Å². The van der Waals surface area contributed by atoms with Crippen LogP contribution in [0, 0.1) is 17.0 Å². The second kappa shape index (κ2) is 9.45.